The van der Waals surface area contributed by atoms with Crippen molar-refractivity contribution in [2.75, 3.05) is 13.2 Å². The van der Waals surface area contributed by atoms with Gasteiger partial charge in [-0.1, -0.05) is 5.11 Å². The van der Waals surface area contributed by atoms with Gasteiger partial charge in [0.1, 0.15) is 5.82 Å². The number of benzene rings is 1. The molecule has 7 nitrogen and oxygen atoms in total. The highest BCUT2D eigenvalue weighted by Gasteiger charge is 2.15. The number of azide groups is 1. The van der Waals surface area contributed by atoms with E-state index in [1.54, 1.807) is 0 Å². The predicted molar refractivity (Wildman–Crippen MR) is 57.2 cm³/mol. The Bertz CT molecular complexity index is 460. The maximum atomic E-state index is 12.9. The summed E-state index contributed by atoms with van der Waals surface area (Å²) in [7, 11) is 0. The van der Waals surface area contributed by atoms with Crippen LogP contribution < -0.4 is 4.74 Å². The van der Waals surface area contributed by atoms with Crippen LogP contribution in [0.15, 0.2) is 23.3 Å². The lowest BCUT2D eigenvalue weighted by molar-refractivity contribution is -0.385. The summed E-state index contributed by atoms with van der Waals surface area (Å²) in [6.07, 6.45) is 0.401. The highest BCUT2D eigenvalue weighted by Crippen LogP contribution is 2.27. The number of rotatable bonds is 6. The zero-order valence-corrected chi connectivity index (χ0v) is 8.74. The van der Waals surface area contributed by atoms with Crippen molar-refractivity contribution in [3.8, 4) is 5.75 Å². The molecule has 0 aliphatic rings. The van der Waals surface area contributed by atoms with Gasteiger partial charge in [-0.3, -0.25) is 10.1 Å². The monoisotopic (exact) mass is 240 g/mol. The topological polar surface area (TPSA) is 101 Å². The Morgan fingerprint density at radius 3 is 3.00 bits per heavy atom. The standard InChI is InChI=1S/C9H9FN4O3/c10-7-2-3-8(14(15)16)9(6-7)17-5-1-4-12-13-11/h2-3,6H,1,4-5H2. The molecule has 0 aromatic heterocycles. The Kier molecular flexibility index (Phi) is 4.71. The molecular weight excluding hydrogens is 231 g/mol. The molecule has 0 aliphatic carbocycles. The van der Waals surface area contributed by atoms with Gasteiger partial charge in [0.15, 0.2) is 5.75 Å². The molecule has 17 heavy (non-hydrogen) atoms. The maximum absolute atomic E-state index is 12.9. The summed E-state index contributed by atoms with van der Waals surface area (Å²) in [6.45, 7) is 0.336. The van der Waals surface area contributed by atoms with Gasteiger partial charge in [-0.15, -0.1) is 0 Å². The van der Waals surface area contributed by atoms with Gasteiger partial charge in [0.2, 0.25) is 0 Å². The van der Waals surface area contributed by atoms with Crippen LogP contribution in [-0.4, -0.2) is 18.1 Å². The first kappa shape index (κ1) is 12.7. The lowest BCUT2D eigenvalue weighted by Crippen LogP contribution is -2.02. The van der Waals surface area contributed by atoms with Crippen molar-refractivity contribution in [2.24, 2.45) is 5.11 Å². The Morgan fingerprint density at radius 1 is 1.59 bits per heavy atom. The van der Waals surface area contributed by atoms with Crippen LogP contribution in [-0.2, 0) is 0 Å². The van der Waals surface area contributed by atoms with Gasteiger partial charge in [0.05, 0.1) is 11.5 Å². The molecule has 0 N–H and O–H groups in total. The highest BCUT2D eigenvalue weighted by molar-refractivity contribution is 5.46. The Balaban J connectivity index is 2.65. The number of nitro groups is 1. The number of hydrogen-bond acceptors (Lipinski definition) is 4. The van der Waals surface area contributed by atoms with Crippen LogP contribution in [0.4, 0.5) is 10.1 Å². The van der Waals surface area contributed by atoms with Gasteiger partial charge in [0.25, 0.3) is 0 Å². The third-order valence-electron chi connectivity index (χ3n) is 1.84. The first-order chi connectivity index (χ1) is 8.15. The highest BCUT2D eigenvalue weighted by atomic mass is 19.1. The molecule has 0 aliphatic heterocycles. The summed E-state index contributed by atoms with van der Waals surface area (Å²) in [6, 6.07) is 2.98. The number of nitrogens with zero attached hydrogens (tertiary/aromatic N) is 4. The van der Waals surface area contributed by atoms with Gasteiger partial charge >= 0.3 is 5.69 Å². The van der Waals surface area contributed by atoms with E-state index in [0.29, 0.717) is 6.42 Å². The largest absolute Gasteiger partial charge is 0.487 e. The average molecular weight is 240 g/mol. The van der Waals surface area contributed by atoms with Crippen LogP contribution in [0, 0.1) is 15.9 Å². The Morgan fingerprint density at radius 2 is 2.35 bits per heavy atom. The first-order valence-electron chi connectivity index (χ1n) is 4.72. The molecule has 0 saturated carbocycles. The number of ether oxygens (including phenoxy) is 1. The normalized spacial score (nSPS) is 9.47. The third kappa shape index (κ3) is 3.96. The molecule has 8 heteroatoms. The fraction of sp³-hybridized carbons (Fsp3) is 0.333. The second-order valence-electron chi connectivity index (χ2n) is 3.03. The van der Waals surface area contributed by atoms with E-state index in [1.807, 2.05) is 0 Å². The van der Waals surface area contributed by atoms with Crippen LogP contribution in [0.2, 0.25) is 0 Å². The van der Waals surface area contributed by atoms with Crippen molar-refractivity contribution in [3.05, 3.63) is 44.6 Å². The molecule has 0 amide bonds. The van der Waals surface area contributed by atoms with Crippen molar-refractivity contribution in [2.45, 2.75) is 6.42 Å². The molecule has 0 fully saturated rings. The fourth-order valence-corrected chi connectivity index (χ4v) is 1.12. The van der Waals surface area contributed by atoms with Crippen molar-refractivity contribution in [1.82, 2.24) is 0 Å². The second kappa shape index (κ2) is 6.29. The van der Waals surface area contributed by atoms with E-state index in [4.69, 9.17) is 10.3 Å². The lowest BCUT2D eigenvalue weighted by Gasteiger charge is -2.05. The SMILES string of the molecule is [N-]=[N+]=NCCCOc1cc(F)ccc1[N+](=O)[O-]. The maximum Gasteiger partial charge on any atom is 0.311 e. The minimum atomic E-state index is -0.651. The Labute approximate surface area is 95.6 Å². The molecule has 0 bridgehead atoms. The van der Waals surface area contributed by atoms with Crippen LogP contribution in [0.3, 0.4) is 0 Å². The van der Waals surface area contributed by atoms with Crippen molar-refractivity contribution < 1.29 is 14.1 Å². The fourth-order valence-electron chi connectivity index (χ4n) is 1.12. The molecule has 1 aromatic carbocycles. The minimum absolute atomic E-state index is 0.114. The van der Waals surface area contributed by atoms with Gasteiger partial charge in [-0.25, -0.2) is 4.39 Å². The molecule has 0 radical (unpaired) electrons. The van der Waals surface area contributed by atoms with Gasteiger partial charge in [-0.05, 0) is 18.0 Å². The van der Waals surface area contributed by atoms with Crippen LogP contribution in [0.25, 0.3) is 10.4 Å². The summed E-state index contributed by atoms with van der Waals surface area (Å²) in [5, 5.41) is 13.9. The smallest absolute Gasteiger partial charge is 0.311 e. The van der Waals surface area contributed by atoms with E-state index in [2.05, 4.69) is 10.0 Å². The van der Waals surface area contributed by atoms with E-state index in [9.17, 15) is 14.5 Å². The van der Waals surface area contributed by atoms with E-state index < -0.39 is 10.7 Å². The van der Waals surface area contributed by atoms with E-state index in [-0.39, 0.29) is 24.6 Å². The lowest BCUT2D eigenvalue weighted by atomic mass is 10.3. The molecule has 0 spiro atoms. The van der Waals surface area contributed by atoms with Crippen molar-refractivity contribution >= 4 is 5.69 Å². The number of nitro benzene ring substituents is 1. The molecule has 1 aromatic rings. The summed E-state index contributed by atoms with van der Waals surface area (Å²) < 4.78 is 17.9. The van der Waals surface area contributed by atoms with Crippen molar-refractivity contribution in [3.63, 3.8) is 0 Å². The molecule has 1 rings (SSSR count). The summed E-state index contributed by atoms with van der Waals surface area (Å²) >= 11 is 0. The van der Waals surface area contributed by atoms with E-state index >= 15 is 0 Å². The zero-order valence-electron chi connectivity index (χ0n) is 8.74. The van der Waals surface area contributed by atoms with E-state index in [1.165, 1.54) is 0 Å². The summed E-state index contributed by atoms with van der Waals surface area (Å²) in [5.74, 6) is -0.739. The van der Waals surface area contributed by atoms with Crippen LogP contribution >= 0.6 is 0 Å². The average Bonchev–Trinajstić information content (AvgIpc) is 2.28. The number of hydrogen-bond donors (Lipinski definition) is 0. The van der Waals surface area contributed by atoms with Crippen LogP contribution in [0.1, 0.15) is 6.42 Å². The summed E-state index contributed by atoms with van der Waals surface area (Å²) in [4.78, 5) is 12.5. The molecular formula is C9H9FN4O3. The van der Waals surface area contributed by atoms with E-state index in [0.717, 1.165) is 18.2 Å². The summed E-state index contributed by atoms with van der Waals surface area (Å²) in [5.41, 5.74) is 7.72. The third-order valence-corrected chi connectivity index (χ3v) is 1.84. The minimum Gasteiger partial charge on any atom is -0.487 e. The second-order valence-corrected chi connectivity index (χ2v) is 3.03. The molecule has 0 unspecified atom stereocenters. The molecule has 0 atom stereocenters. The van der Waals surface area contributed by atoms with Crippen molar-refractivity contribution in [1.29, 1.82) is 0 Å². The van der Waals surface area contributed by atoms with Gasteiger partial charge in [0, 0.05) is 23.6 Å². The predicted octanol–water partition coefficient (Wildman–Crippen LogP) is 2.81. The zero-order chi connectivity index (χ0) is 12.7. The number of halogens is 1. The molecule has 0 heterocycles. The first-order valence-corrected chi connectivity index (χ1v) is 4.72. The Hall–Kier alpha value is -2.34. The van der Waals surface area contributed by atoms with Gasteiger partial charge in [-0.2, -0.15) is 0 Å². The van der Waals surface area contributed by atoms with Crippen LogP contribution in [0.5, 0.6) is 5.75 Å². The molecule has 0 saturated heterocycles. The van der Waals surface area contributed by atoms with Gasteiger partial charge < -0.3 is 4.74 Å². The molecule has 90 valence electrons. The quantitative estimate of drug-likeness (QED) is 0.191.